The van der Waals surface area contributed by atoms with Gasteiger partial charge in [-0.05, 0) is 62.2 Å². The third-order valence-electron chi connectivity index (χ3n) is 1.87. The molecule has 0 radical (unpaired) electrons. The lowest BCUT2D eigenvalue weighted by Gasteiger charge is -1.86. The fourth-order valence-electron chi connectivity index (χ4n) is 1.38. The van der Waals surface area contributed by atoms with Gasteiger partial charge < -0.3 is 0 Å². The van der Waals surface area contributed by atoms with Gasteiger partial charge in [0.05, 0.1) is 7.57 Å². The van der Waals surface area contributed by atoms with Crippen molar-refractivity contribution < 1.29 is 0 Å². The van der Waals surface area contributed by atoms with Gasteiger partial charge in [-0.2, -0.15) is 0 Å². The summed E-state index contributed by atoms with van der Waals surface area (Å²) < 4.78 is 2.65. The summed E-state index contributed by atoms with van der Waals surface area (Å²) in [5, 5.41) is 0. The summed E-state index contributed by atoms with van der Waals surface area (Å²) in [6.07, 6.45) is 3.85. The summed E-state index contributed by atoms with van der Waals surface area (Å²) in [5.74, 6) is 0. The van der Waals surface area contributed by atoms with Gasteiger partial charge in [-0.25, -0.2) is 0 Å². The van der Waals surface area contributed by atoms with Crippen LogP contribution in [0.3, 0.4) is 0 Å². The van der Waals surface area contributed by atoms with E-state index in [0.29, 0.717) is 0 Å². The molecule has 1 aromatic heterocycles. The van der Waals surface area contributed by atoms with Gasteiger partial charge in [0.2, 0.25) is 0 Å². The Kier molecular flexibility index (Phi) is 1.91. The van der Waals surface area contributed by atoms with Gasteiger partial charge in [0.1, 0.15) is 0 Å². The molecule has 0 amide bonds. The molecule has 0 saturated carbocycles. The quantitative estimate of drug-likeness (QED) is 0.679. The molecular weight excluding hydrogens is 276 g/mol. The van der Waals surface area contributed by atoms with Crippen molar-refractivity contribution in [1.29, 1.82) is 0 Å². The molecule has 0 bridgehead atoms. The first kappa shape index (κ1) is 7.32. The van der Waals surface area contributed by atoms with Gasteiger partial charge >= 0.3 is 0 Å². The molecule has 10 heavy (non-hydrogen) atoms. The van der Waals surface area contributed by atoms with E-state index in [-0.39, 0.29) is 0 Å². The topological polar surface area (TPSA) is 0 Å². The number of hydrogen-bond acceptors (Lipinski definition) is 1. The molecule has 0 spiro atoms. The molecule has 54 valence electrons. The summed E-state index contributed by atoms with van der Waals surface area (Å²) >= 11 is 8.92. The average Bonchev–Trinajstić information content (AvgIpc) is 2.39. The third kappa shape index (κ3) is 0.990. The van der Waals surface area contributed by atoms with Crippen molar-refractivity contribution in [2.24, 2.45) is 0 Å². The van der Waals surface area contributed by atoms with E-state index in [1.165, 1.54) is 38.0 Å². The van der Waals surface area contributed by atoms with E-state index in [2.05, 4.69) is 31.9 Å². The van der Waals surface area contributed by atoms with Crippen LogP contribution in [-0.2, 0) is 12.8 Å². The largest absolute Gasteiger partial charge is 0.121 e. The second-order valence-electron chi connectivity index (χ2n) is 2.46. The summed E-state index contributed by atoms with van der Waals surface area (Å²) in [4.78, 5) is 0. The maximum Gasteiger partial charge on any atom is 0.0745 e. The zero-order valence-corrected chi connectivity index (χ0v) is 9.27. The maximum atomic E-state index is 3.56. The van der Waals surface area contributed by atoms with Crippen LogP contribution in [-0.4, -0.2) is 0 Å². The van der Waals surface area contributed by atoms with Crippen molar-refractivity contribution in [3.63, 3.8) is 0 Å². The molecule has 1 aliphatic rings. The molecule has 0 aliphatic heterocycles. The lowest BCUT2D eigenvalue weighted by Crippen LogP contribution is -1.72. The summed E-state index contributed by atoms with van der Waals surface area (Å²) in [6, 6.07) is 0. The first-order valence-electron chi connectivity index (χ1n) is 3.24. The molecule has 0 fully saturated rings. The van der Waals surface area contributed by atoms with Crippen LogP contribution in [0.5, 0.6) is 0 Å². The number of halogens is 2. The van der Waals surface area contributed by atoms with E-state index in [1.807, 2.05) is 0 Å². The highest BCUT2D eigenvalue weighted by Gasteiger charge is 2.19. The SMILES string of the molecule is Brc1sc(Br)c2c1CCC2. The van der Waals surface area contributed by atoms with Gasteiger partial charge in [-0.1, -0.05) is 0 Å². The van der Waals surface area contributed by atoms with E-state index in [0.717, 1.165) is 0 Å². The van der Waals surface area contributed by atoms with Gasteiger partial charge in [-0.15, -0.1) is 11.3 Å². The highest BCUT2D eigenvalue weighted by atomic mass is 79.9. The van der Waals surface area contributed by atoms with Gasteiger partial charge in [-0.3, -0.25) is 0 Å². The average molecular weight is 282 g/mol. The lowest BCUT2D eigenvalue weighted by molar-refractivity contribution is 0.909. The van der Waals surface area contributed by atoms with Gasteiger partial charge in [0.15, 0.2) is 0 Å². The molecule has 0 unspecified atom stereocenters. The van der Waals surface area contributed by atoms with Crippen molar-refractivity contribution in [1.82, 2.24) is 0 Å². The smallest absolute Gasteiger partial charge is 0.0745 e. The Bertz CT molecular complexity index is 240. The Balaban J connectivity index is 2.61. The normalized spacial score (nSPS) is 15.8. The predicted octanol–water partition coefficient (Wildman–Crippen LogP) is 3.76. The fourth-order valence-corrected chi connectivity index (χ4v) is 4.73. The highest BCUT2D eigenvalue weighted by Crippen LogP contribution is 2.41. The van der Waals surface area contributed by atoms with Crippen LogP contribution in [0.2, 0.25) is 0 Å². The van der Waals surface area contributed by atoms with E-state index in [9.17, 15) is 0 Å². The first-order valence-corrected chi connectivity index (χ1v) is 5.65. The number of fused-ring (bicyclic) bond motifs is 1. The highest BCUT2D eigenvalue weighted by molar-refractivity contribution is 9.12. The molecular formula is C7H6Br2S. The van der Waals surface area contributed by atoms with Crippen LogP contribution >= 0.6 is 43.2 Å². The van der Waals surface area contributed by atoms with E-state index < -0.39 is 0 Å². The first-order chi connectivity index (χ1) is 4.79. The molecule has 2 rings (SSSR count). The van der Waals surface area contributed by atoms with Crippen LogP contribution in [0.4, 0.5) is 0 Å². The molecule has 1 heterocycles. The summed E-state index contributed by atoms with van der Waals surface area (Å²) in [6.45, 7) is 0. The minimum absolute atomic E-state index is 1.26. The van der Waals surface area contributed by atoms with E-state index >= 15 is 0 Å². The Morgan fingerprint density at radius 2 is 1.50 bits per heavy atom. The van der Waals surface area contributed by atoms with Crippen LogP contribution < -0.4 is 0 Å². The third-order valence-corrected chi connectivity index (χ3v) is 4.65. The van der Waals surface area contributed by atoms with Crippen LogP contribution in [0, 0.1) is 0 Å². The monoisotopic (exact) mass is 280 g/mol. The predicted molar refractivity (Wildman–Crippen MR) is 51.7 cm³/mol. The Morgan fingerprint density at radius 3 is 2.00 bits per heavy atom. The Hall–Kier alpha value is 0.660. The molecule has 1 aromatic rings. The molecule has 0 N–H and O–H groups in total. The Morgan fingerprint density at radius 1 is 1.00 bits per heavy atom. The van der Waals surface area contributed by atoms with Crippen LogP contribution in [0.25, 0.3) is 0 Å². The van der Waals surface area contributed by atoms with E-state index in [4.69, 9.17) is 0 Å². The summed E-state index contributed by atoms with van der Waals surface area (Å²) in [7, 11) is 0. The second-order valence-corrected chi connectivity index (χ2v) is 6.12. The number of thiophene rings is 1. The Labute approximate surface area is 80.9 Å². The van der Waals surface area contributed by atoms with Crippen molar-refractivity contribution in [3.8, 4) is 0 Å². The van der Waals surface area contributed by atoms with Crippen LogP contribution in [0.15, 0.2) is 7.57 Å². The van der Waals surface area contributed by atoms with Crippen LogP contribution in [0.1, 0.15) is 17.5 Å². The minimum Gasteiger partial charge on any atom is -0.121 e. The molecule has 1 aliphatic carbocycles. The van der Waals surface area contributed by atoms with Crippen molar-refractivity contribution >= 4 is 43.2 Å². The zero-order valence-electron chi connectivity index (χ0n) is 5.29. The molecule has 0 aromatic carbocycles. The van der Waals surface area contributed by atoms with Crippen molar-refractivity contribution in [3.05, 3.63) is 18.7 Å². The van der Waals surface area contributed by atoms with Gasteiger partial charge in [0, 0.05) is 0 Å². The molecule has 0 atom stereocenters. The fraction of sp³-hybridized carbons (Fsp3) is 0.429. The van der Waals surface area contributed by atoms with E-state index in [1.54, 1.807) is 11.3 Å². The molecule has 0 saturated heterocycles. The summed E-state index contributed by atoms with van der Waals surface area (Å²) in [5.41, 5.74) is 3.08. The van der Waals surface area contributed by atoms with Crippen molar-refractivity contribution in [2.75, 3.05) is 0 Å². The zero-order chi connectivity index (χ0) is 7.14. The standard InChI is InChI=1S/C7H6Br2S/c8-6-4-2-1-3-5(4)7(9)10-6/h1-3H2. The second kappa shape index (κ2) is 2.61. The molecule has 3 heteroatoms. The molecule has 0 nitrogen and oxygen atoms in total. The maximum absolute atomic E-state index is 3.56. The lowest BCUT2D eigenvalue weighted by atomic mass is 10.2. The minimum atomic E-state index is 1.26. The number of hydrogen-bond donors (Lipinski definition) is 0. The van der Waals surface area contributed by atoms with Crippen molar-refractivity contribution in [2.45, 2.75) is 19.3 Å². The van der Waals surface area contributed by atoms with Gasteiger partial charge in [0.25, 0.3) is 0 Å². The number of rotatable bonds is 0.